The number of nitrogens with zero attached hydrogens (tertiary/aromatic N) is 1. The molecule has 0 amide bonds. The summed E-state index contributed by atoms with van der Waals surface area (Å²) in [4.78, 5) is 0. The van der Waals surface area contributed by atoms with E-state index in [9.17, 15) is 0 Å². The largest absolute Gasteiger partial charge is 0.493 e. The molecular formula is C15H16N2O. The first-order valence-corrected chi connectivity index (χ1v) is 5.96. The molecule has 2 rings (SSSR count). The minimum atomic E-state index is 0.650. The standard InChI is InChI=1S/C15H16N2O/c1-2-18-15-11-7-6-8-13(15)12-16-17-14-9-4-3-5-10-14/h3-12,17H,2H2,1H3. The third kappa shape index (κ3) is 3.35. The number of hydrogen-bond donors (Lipinski definition) is 1. The Morgan fingerprint density at radius 2 is 1.78 bits per heavy atom. The fraction of sp³-hybridized carbons (Fsp3) is 0.133. The zero-order valence-electron chi connectivity index (χ0n) is 10.3. The quantitative estimate of drug-likeness (QED) is 0.640. The van der Waals surface area contributed by atoms with Crippen molar-refractivity contribution in [3.8, 4) is 5.75 Å². The van der Waals surface area contributed by atoms with Gasteiger partial charge in [0.25, 0.3) is 0 Å². The first-order chi connectivity index (χ1) is 8.90. The van der Waals surface area contributed by atoms with Crippen molar-refractivity contribution >= 4 is 11.9 Å². The van der Waals surface area contributed by atoms with E-state index >= 15 is 0 Å². The Kier molecular flexibility index (Phi) is 4.36. The van der Waals surface area contributed by atoms with Crippen LogP contribution >= 0.6 is 0 Å². The third-order valence-corrected chi connectivity index (χ3v) is 2.39. The second-order valence-corrected chi connectivity index (χ2v) is 3.71. The first kappa shape index (κ1) is 12.2. The van der Waals surface area contributed by atoms with Gasteiger partial charge in [0.1, 0.15) is 5.75 Å². The molecule has 3 nitrogen and oxygen atoms in total. The zero-order valence-corrected chi connectivity index (χ0v) is 10.3. The molecule has 0 unspecified atom stereocenters. The summed E-state index contributed by atoms with van der Waals surface area (Å²) in [6.07, 6.45) is 1.76. The average molecular weight is 240 g/mol. The van der Waals surface area contributed by atoms with Gasteiger partial charge in [-0.1, -0.05) is 30.3 Å². The second kappa shape index (κ2) is 6.45. The number of rotatable bonds is 5. The fourth-order valence-electron chi connectivity index (χ4n) is 1.56. The Hall–Kier alpha value is -2.29. The lowest BCUT2D eigenvalue weighted by Gasteiger charge is -2.06. The minimum Gasteiger partial charge on any atom is -0.493 e. The fourth-order valence-corrected chi connectivity index (χ4v) is 1.56. The third-order valence-electron chi connectivity index (χ3n) is 2.39. The highest BCUT2D eigenvalue weighted by Gasteiger charge is 1.98. The van der Waals surface area contributed by atoms with E-state index in [0.717, 1.165) is 17.0 Å². The van der Waals surface area contributed by atoms with Crippen molar-refractivity contribution in [3.63, 3.8) is 0 Å². The SMILES string of the molecule is CCOc1ccccc1C=NNc1ccccc1. The molecule has 0 spiro atoms. The second-order valence-electron chi connectivity index (χ2n) is 3.71. The summed E-state index contributed by atoms with van der Waals surface area (Å²) < 4.78 is 5.52. The lowest BCUT2D eigenvalue weighted by Crippen LogP contribution is -1.97. The lowest BCUT2D eigenvalue weighted by atomic mass is 10.2. The van der Waals surface area contributed by atoms with Crippen molar-refractivity contribution in [1.29, 1.82) is 0 Å². The number of hydrogen-bond acceptors (Lipinski definition) is 3. The van der Waals surface area contributed by atoms with Crippen LogP contribution in [0.15, 0.2) is 59.7 Å². The van der Waals surface area contributed by atoms with Crippen LogP contribution in [0.4, 0.5) is 5.69 Å². The maximum absolute atomic E-state index is 5.52. The van der Waals surface area contributed by atoms with E-state index in [2.05, 4.69) is 10.5 Å². The molecule has 1 N–H and O–H groups in total. The van der Waals surface area contributed by atoms with Crippen LogP contribution in [0.3, 0.4) is 0 Å². The van der Waals surface area contributed by atoms with E-state index < -0.39 is 0 Å². The van der Waals surface area contributed by atoms with Gasteiger partial charge >= 0.3 is 0 Å². The lowest BCUT2D eigenvalue weighted by molar-refractivity contribution is 0.340. The summed E-state index contributed by atoms with van der Waals surface area (Å²) in [7, 11) is 0. The van der Waals surface area contributed by atoms with E-state index in [-0.39, 0.29) is 0 Å². The highest BCUT2D eigenvalue weighted by Crippen LogP contribution is 2.15. The van der Waals surface area contributed by atoms with Crippen molar-refractivity contribution in [2.24, 2.45) is 5.10 Å². The molecular weight excluding hydrogens is 224 g/mol. The van der Waals surface area contributed by atoms with Gasteiger partial charge < -0.3 is 4.74 Å². The average Bonchev–Trinajstić information content (AvgIpc) is 2.42. The van der Waals surface area contributed by atoms with Gasteiger partial charge in [-0.3, -0.25) is 5.43 Å². The molecule has 0 radical (unpaired) electrons. The van der Waals surface area contributed by atoms with Crippen molar-refractivity contribution in [3.05, 3.63) is 60.2 Å². The molecule has 2 aromatic rings. The molecule has 0 aliphatic rings. The molecule has 0 fully saturated rings. The maximum Gasteiger partial charge on any atom is 0.128 e. The van der Waals surface area contributed by atoms with Gasteiger partial charge in [0.05, 0.1) is 18.5 Å². The van der Waals surface area contributed by atoms with Gasteiger partial charge in [-0.25, -0.2) is 0 Å². The Morgan fingerprint density at radius 1 is 1.06 bits per heavy atom. The maximum atomic E-state index is 5.52. The molecule has 0 aliphatic heterocycles. The van der Waals surface area contributed by atoms with Crippen LogP contribution < -0.4 is 10.2 Å². The Labute approximate surface area is 107 Å². The summed E-state index contributed by atoms with van der Waals surface area (Å²) in [6.45, 7) is 2.62. The molecule has 18 heavy (non-hydrogen) atoms. The van der Waals surface area contributed by atoms with Crippen LogP contribution in [0, 0.1) is 0 Å². The topological polar surface area (TPSA) is 33.6 Å². The summed E-state index contributed by atoms with van der Waals surface area (Å²) in [5, 5.41) is 4.20. The normalized spacial score (nSPS) is 10.5. The van der Waals surface area contributed by atoms with Crippen molar-refractivity contribution in [2.75, 3.05) is 12.0 Å². The van der Waals surface area contributed by atoms with E-state index in [1.165, 1.54) is 0 Å². The Balaban J connectivity index is 2.05. The number of para-hydroxylation sites is 2. The Morgan fingerprint density at radius 3 is 2.56 bits per heavy atom. The number of ether oxygens (including phenoxy) is 1. The van der Waals surface area contributed by atoms with Gasteiger partial charge in [0.2, 0.25) is 0 Å². The summed E-state index contributed by atoms with van der Waals surface area (Å²) >= 11 is 0. The van der Waals surface area contributed by atoms with Crippen LogP contribution in [0.5, 0.6) is 5.75 Å². The van der Waals surface area contributed by atoms with Crippen LogP contribution in [0.1, 0.15) is 12.5 Å². The molecule has 0 saturated heterocycles. The van der Waals surface area contributed by atoms with Gasteiger partial charge in [0, 0.05) is 5.56 Å². The van der Waals surface area contributed by atoms with Crippen molar-refractivity contribution in [1.82, 2.24) is 0 Å². The van der Waals surface area contributed by atoms with Gasteiger partial charge in [-0.05, 0) is 31.2 Å². The zero-order chi connectivity index (χ0) is 12.6. The molecule has 0 atom stereocenters. The summed E-state index contributed by atoms with van der Waals surface area (Å²) in [5.74, 6) is 0.846. The predicted molar refractivity (Wildman–Crippen MR) is 75.3 cm³/mol. The smallest absolute Gasteiger partial charge is 0.128 e. The van der Waals surface area contributed by atoms with Gasteiger partial charge in [-0.2, -0.15) is 5.10 Å². The molecule has 0 heterocycles. The molecule has 0 bridgehead atoms. The number of anilines is 1. The van der Waals surface area contributed by atoms with Crippen LogP contribution in [-0.2, 0) is 0 Å². The van der Waals surface area contributed by atoms with E-state index in [1.807, 2.05) is 61.5 Å². The highest BCUT2D eigenvalue weighted by atomic mass is 16.5. The van der Waals surface area contributed by atoms with Gasteiger partial charge in [0.15, 0.2) is 0 Å². The predicted octanol–water partition coefficient (Wildman–Crippen LogP) is 3.53. The molecule has 2 aromatic carbocycles. The van der Waals surface area contributed by atoms with Crippen LogP contribution in [0.2, 0.25) is 0 Å². The van der Waals surface area contributed by atoms with E-state index in [0.29, 0.717) is 6.61 Å². The minimum absolute atomic E-state index is 0.650. The molecule has 0 saturated carbocycles. The molecule has 92 valence electrons. The van der Waals surface area contributed by atoms with Crippen molar-refractivity contribution < 1.29 is 4.74 Å². The molecule has 3 heteroatoms. The summed E-state index contributed by atoms with van der Waals surface area (Å²) in [6, 6.07) is 17.7. The number of nitrogens with one attached hydrogen (secondary N) is 1. The van der Waals surface area contributed by atoms with Gasteiger partial charge in [-0.15, -0.1) is 0 Å². The van der Waals surface area contributed by atoms with Crippen LogP contribution in [-0.4, -0.2) is 12.8 Å². The first-order valence-electron chi connectivity index (χ1n) is 5.96. The summed E-state index contributed by atoms with van der Waals surface area (Å²) in [5.41, 5.74) is 4.90. The van der Waals surface area contributed by atoms with E-state index in [1.54, 1.807) is 6.21 Å². The number of benzene rings is 2. The van der Waals surface area contributed by atoms with E-state index in [4.69, 9.17) is 4.74 Å². The monoisotopic (exact) mass is 240 g/mol. The van der Waals surface area contributed by atoms with Crippen molar-refractivity contribution in [2.45, 2.75) is 6.92 Å². The van der Waals surface area contributed by atoms with Crippen LogP contribution in [0.25, 0.3) is 0 Å². The Bertz CT molecular complexity index is 509. The number of hydrazone groups is 1. The molecule has 0 aromatic heterocycles. The molecule has 0 aliphatic carbocycles. The highest BCUT2D eigenvalue weighted by molar-refractivity contribution is 5.83.